The predicted octanol–water partition coefficient (Wildman–Crippen LogP) is 4.53. The van der Waals surface area contributed by atoms with Gasteiger partial charge in [-0.05, 0) is 50.5 Å². The van der Waals surface area contributed by atoms with Gasteiger partial charge < -0.3 is 0 Å². The molecule has 21 heavy (non-hydrogen) atoms. The van der Waals surface area contributed by atoms with Crippen molar-refractivity contribution in [2.75, 3.05) is 0 Å². The molecule has 0 amide bonds. The quantitative estimate of drug-likeness (QED) is 0.686. The molecule has 0 saturated heterocycles. The van der Waals surface area contributed by atoms with Crippen LogP contribution in [0.15, 0.2) is 54.6 Å². The van der Waals surface area contributed by atoms with Crippen molar-refractivity contribution in [3.8, 4) is 16.8 Å². The fourth-order valence-corrected chi connectivity index (χ4v) is 2.72. The van der Waals surface area contributed by atoms with Crippen LogP contribution in [0.25, 0.3) is 16.8 Å². The van der Waals surface area contributed by atoms with Crippen LogP contribution < -0.4 is 0 Å². The summed E-state index contributed by atoms with van der Waals surface area (Å²) >= 11 is 0. The topological polar surface area (TPSA) is 17.8 Å². The highest BCUT2D eigenvalue weighted by Gasteiger charge is 2.14. The standard InChI is InChI=1S/C19H19N2/c1-4-16-10-12-18(13-11-16)21-15(3)19(14(2)20-21)17-8-6-5-7-9-17/h5-13H,1,4H2,2-3H3. The van der Waals surface area contributed by atoms with Crippen molar-refractivity contribution in [2.45, 2.75) is 20.3 Å². The number of nitrogens with zero attached hydrogens (tertiary/aromatic N) is 2. The van der Waals surface area contributed by atoms with Crippen LogP contribution in [-0.2, 0) is 6.42 Å². The molecule has 2 aromatic carbocycles. The highest BCUT2D eigenvalue weighted by Crippen LogP contribution is 2.28. The molecule has 2 heteroatoms. The van der Waals surface area contributed by atoms with E-state index in [1.54, 1.807) is 0 Å². The largest absolute Gasteiger partial charge is 0.237 e. The Kier molecular flexibility index (Phi) is 3.61. The maximum atomic E-state index is 4.71. The molecule has 1 aromatic heterocycles. The van der Waals surface area contributed by atoms with E-state index >= 15 is 0 Å². The van der Waals surface area contributed by atoms with E-state index in [2.05, 4.69) is 69.3 Å². The van der Waals surface area contributed by atoms with Gasteiger partial charge in [0.15, 0.2) is 0 Å². The van der Waals surface area contributed by atoms with Gasteiger partial charge in [0.05, 0.1) is 11.4 Å². The van der Waals surface area contributed by atoms with E-state index in [4.69, 9.17) is 5.10 Å². The van der Waals surface area contributed by atoms with Crippen molar-refractivity contribution >= 4 is 0 Å². The van der Waals surface area contributed by atoms with Gasteiger partial charge in [-0.2, -0.15) is 5.10 Å². The second kappa shape index (κ2) is 5.57. The van der Waals surface area contributed by atoms with E-state index < -0.39 is 0 Å². The fraction of sp³-hybridized carbons (Fsp3) is 0.158. The molecule has 0 saturated carbocycles. The van der Waals surface area contributed by atoms with Gasteiger partial charge in [-0.25, -0.2) is 4.68 Å². The summed E-state index contributed by atoms with van der Waals surface area (Å²) in [6.07, 6.45) is 0.812. The first-order valence-electron chi connectivity index (χ1n) is 7.21. The van der Waals surface area contributed by atoms with E-state index in [-0.39, 0.29) is 0 Å². The number of benzene rings is 2. The van der Waals surface area contributed by atoms with E-state index in [1.165, 1.54) is 22.4 Å². The maximum Gasteiger partial charge on any atom is 0.0679 e. The third-order valence-electron chi connectivity index (χ3n) is 3.82. The number of rotatable bonds is 3. The molecule has 1 radical (unpaired) electrons. The Bertz CT molecular complexity index is 737. The van der Waals surface area contributed by atoms with Crippen molar-refractivity contribution in [3.63, 3.8) is 0 Å². The minimum absolute atomic E-state index is 0.812. The van der Waals surface area contributed by atoms with E-state index in [0.29, 0.717) is 0 Å². The van der Waals surface area contributed by atoms with E-state index in [9.17, 15) is 0 Å². The first kappa shape index (κ1) is 13.6. The zero-order valence-corrected chi connectivity index (χ0v) is 12.5. The van der Waals surface area contributed by atoms with E-state index in [0.717, 1.165) is 17.8 Å². The average Bonchev–Trinajstić information content (AvgIpc) is 2.83. The molecule has 0 bridgehead atoms. The minimum atomic E-state index is 0.812. The van der Waals surface area contributed by atoms with Crippen molar-refractivity contribution in [1.29, 1.82) is 0 Å². The summed E-state index contributed by atoms with van der Waals surface area (Å²) in [4.78, 5) is 0. The molecule has 0 aliphatic rings. The summed E-state index contributed by atoms with van der Waals surface area (Å²) in [7, 11) is 0. The number of hydrogen-bond acceptors (Lipinski definition) is 1. The van der Waals surface area contributed by atoms with Gasteiger partial charge in [-0.15, -0.1) is 0 Å². The molecule has 0 fully saturated rings. The van der Waals surface area contributed by atoms with Crippen molar-refractivity contribution in [3.05, 3.63) is 78.5 Å². The molecule has 105 valence electrons. The van der Waals surface area contributed by atoms with Crippen LogP contribution >= 0.6 is 0 Å². The Labute approximate surface area is 126 Å². The number of aryl methyl sites for hydroxylation is 1. The molecule has 1 heterocycles. The first-order valence-corrected chi connectivity index (χ1v) is 7.21. The summed E-state index contributed by atoms with van der Waals surface area (Å²) in [5.74, 6) is 0. The van der Waals surface area contributed by atoms with Crippen molar-refractivity contribution in [2.24, 2.45) is 0 Å². The van der Waals surface area contributed by atoms with Crippen LogP contribution in [0, 0.1) is 20.8 Å². The third kappa shape index (κ3) is 2.49. The number of hydrogen-bond donors (Lipinski definition) is 0. The zero-order chi connectivity index (χ0) is 14.8. The van der Waals surface area contributed by atoms with E-state index in [1.807, 2.05) is 10.7 Å². The van der Waals surface area contributed by atoms with Gasteiger partial charge in [0, 0.05) is 11.3 Å². The molecule has 2 nitrogen and oxygen atoms in total. The van der Waals surface area contributed by atoms with Gasteiger partial charge in [0.25, 0.3) is 0 Å². The summed E-state index contributed by atoms with van der Waals surface area (Å²) in [6.45, 7) is 8.10. The predicted molar refractivity (Wildman–Crippen MR) is 87.5 cm³/mol. The van der Waals surface area contributed by atoms with Gasteiger partial charge in [-0.1, -0.05) is 42.5 Å². The van der Waals surface area contributed by atoms with Crippen LogP contribution in [0.5, 0.6) is 0 Å². The molecular formula is C19H19N2. The third-order valence-corrected chi connectivity index (χ3v) is 3.82. The van der Waals surface area contributed by atoms with Crippen molar-refractivity contribution in [1.82, 2.24) is 9.78 Å². The highest BCUT2D eigenvalue weighted by atomic mass is 15.3. The van der Waals surface area contributed by atoms with Crippen LogP contribution in [0.3, 0.4) is 0 Å². The Hall–Kier alpha value is -2.35. The lowest BCUT2D eigenvalue weighted by Crippen LogP contribution is -1.99. The SMILES string of the molecule is [CH2]Cc1ccc(-n2nc(C)c(-c3ccccc3)c2C)cc1. The smallest absolute Gasteiger partial charge is 0.0679 e. The van der Waals surface area contributed by atoms with Gasteiger partial charge in [-0.3, -0.25) is 0 Å². The summed E-state index contributed by atoms with van der Waals surface area (Å²) < 4.78 is 2.02. The molecule has 0 atom stereocenters. The molecular weight excluding hydrogens is 256 g/mol. The lowest BCUT2D eigenvalue weighted by atomic mass is 10.0. The Morgan fingerprint density at radius 3 is 2.24 bits per heavy atom. The summed E-state index contributed by atoms with van der Waals surface area (Å²) in [6, 6.07) is 18.9. The van der Waals surface area contributed by atoms with Crippen LogP contribution in [0.1, 0.15) is 17.0 Å². The molecule has 0 spiro atoms. The van der Waals surface area contributed by atoms with Gasteiger partial charge in [0.2, 0.25) is 0 Å². The first-order chi connectivity index (χ1) is 10.2. The molecule has 0 aliphatic carbocycles. The van der Waals surface area contributed by atoms with Crippen molar-refractivity contribution < 1.29 is 0 Å². The zero-order valence-electron chi connectivity index (χ0n) is 12.5. The monoisotopic (exact) mass is 275 g/mol. The van der Waals surface area contributed by atoms with Crippen LogP contribution in [-0.4, -0.2) is 9.78 Å². The second-order valence-electron chi connectivity index (χ2n) is 5.24. The Balaban J connectivity index is 2.09. The van der Waals surface area contributed by atoms with Gasteiger partial charge in [0.1, 0.15) is 0 Å². The summed E-state index contributed by atoms with van der Waals surface area (Å²) in [5.41, 5.74) is 6.99. The Morgan fingerprint density at radius 1 is 0.952 bits per heavy atom. The molecule has 3 aromatic rings. The average molecular weight is 275 g/mol. The minimum Gasteiger partial charge on any atom is -0.237 e. The Morgan fingerprint density at radius 2 is 1.62 bits per heavy atom. The highest BCUT2D eigenvalue weighted by molar-refractivity contribution is 5.69. The molecule has 3 rings (SSSR count). The maximum absolute atomic E-state index is 4.71. The number of aromatic nitrogens is 2. The molecule has 0 unspecified atom stereocenters. The summed E-state index contributed by atoms with van der Waals surface area (Å²) in [5, 5.41) is 4.71. The molecule has 0 N–H and O–H groups in total. The lowest BCUT2D eigenvalue weighted by Gasteiger charge is -2.06. The second-order valence-corrected chi connectivity index (χ2v) is 5.24. The lowest BCUT2D eigenvalue weighted by molar-refractivity contribution is 0.833. The van der Waals surface area contributed by atoms with Gasteiger partial charge >= 0.3 is 0 Å². The van der Waals surface area contributed by atoms with Crippen LogP contribution in [0.2, 0.25) is 0 Å². The fourth-order valence-electron chi connectivity index (χ4n) is 2.72. The molecule has 0 aliphatic heterocycles. The van der Waals surface area contributed by atoms with Crippen LogP contribution in [0.4, 0.5) is 0 Å². The normalized spacial score (nSPS) is 10.8.